The molecule has 2 aliphatic heterocycles. The quantitative estimate of drug-likeness (QED) is 0.192. The van der Waals surface area contributed by atoms with E-state index >= 15 is 0 Å². The van der Waals surface area contributed by atoms with Gasteiger partial charge in [-0.15, -0.1) is 0 Å². The van der Waals surface area contributed by atoms with Crippen LogP contribution in [0.25, 0.3) is 0 Å². The largest absolute Gasteiger partial charge is 0.458 e. The molecule has 12 nitrogen and oxygen atoms in total. The third-order valence-corrected chi connectivity index (χ3v) is 12.9. The van der Waals surface area contributed by atoms with Crippen molar-refractivity contribution in [1.82, 2.24) is 0 Å². The molecule has 8 rings (SSSR count). The summed E-state index contributed by atoms with van der Waals surface area (Å²) < 4.78 is 37.8. The maximum atomic E-state index is 14.8. The van der Waals surface area contributed by atoms with Gasteiger partial charge < -0.3 is 33.5 Å². The number of hydrogen-bond acceptors (Lipinski definition) is 12. The van der Waals surface area contributed by atoms with E-state index in [0.717, 1.165) is 0 Å². The summed E-state index contributed by atoms with van der Waals surface area (Å²) >= 11 is 0. The van der Waals surface area contributed by atoms with Crippen LogP contribution >= 0.6 is 0 Å². The number of cyclic esters (lactones) is 1. The molecular weight excluding hydrogens is 708 g/mol. The molecule has 0 spiro atoms. The first-order valence-corrected chi connectivity index (χ1v) is 18.4. The molecular formula is C43H42O12. The van der Waals surface area contributed by atoms with Crippen molar-refractivity contribution < 1.29 is 57.5 Å². The van der Waals surface area contributed by atoms with E-state index in [1.54, 1.807) is 119 Å². The highest BCUT2D eigenvalue weighted by atomic mass is 16.6. The minimum absolute atomic E-state index is 0.0786. The second-order valence-corrected chi connectivity index (χ2v) is 15.9. The normalized spacial score (nSPS) is 35.1. The number of carbonyl (C=O) groups is 5. The maximum absolute atomic E-state index is 14.8. The number of fused-ring (bicyclic) bond motifs is 4. The van der Waals surface area contributed by atoms with Gasteiger partial charge in [0.05, 0.1) is 40.0 Å². The van der Waals surface area contributed by atoms with E-state index in [1.165, 1.54) is 6.92 Å². The summed E-state index contributed by atoms with van der Waals surface area (Å²) in [6.07, 6.45) is -4.73. The molecule has 0 aromatic heterocycles. The zero-order valence-corrected chi connectivity index (χ0v) is 31.1. The standard InChI is InChI=1S/C43H42O12/c1-24-29(51-35(45)26-15-9-6-10-16-26)22-41-32(24)43(49,38(48)55-39(41,3)4)40(5)30(52-36(46)27-17-11-7-12-18-27)21-31-42(23-50-31,54-25(2)44)33(40)34(41)53-37(47)28-19-13-8-14-20-28/h6-20,29-31,33-34,49H,21-23H2,1-5H3/t29-,30-,31+,33?,34?,40+,41-,42-,43+/m0/s1. The van der Waals surface area contributed by atoms with Crippen LogP contribution in [-0.4, -0.2) is 82.8 Å². The fraction of sp³-hybridized carbons (Fsp3) is 0.419. The summed E-state index contributed by atoms with van der Waals surface area (Å²) in [5.41, 5.74) is -7.93. The number of hydrogen-bond donors (Lipinski definition) is 1. The van der Waals surface area contributed by atoms with Gasteiger partial charge in [0.15, 0.2) is 11.2 Å². The number of rotatable bonds is 7. The molecule has 2 unspecified atom stereocenters. The predicted molar refractivity (Wildman–Crippen MR) is 192 cm³/mol. The molecule has 3 aliphatic carbocycles. The molecule has 0 amide bonds. The topological polar surface area (TPSA) is 161 Å². The minimum atomic E-state index is -2.59. The predicted octanol–water partition coefficient (Wildman–Crippen LogP) is 5.18. The Balaban J connectivity index is 1.38. The van der Waals surface area contributed by atoms with E-state index in [1.807, 2.05) is 0 Å². The molecule has 4 fully saturated rings. The van der Waals surface area contributed by atoms with Crippen molar-refractivity contribution in [1.29, 1.82) is 0 Å². The lowest BCUT2D eigenvalue weighted by atomic mass is 9.37. The molecule has 3 aromatic rings. The van der Waals surface area contributed by atoms with Crippen molar-refractivity contribution in [2.45, 2.75) is 88.7 Å². The maximum Gasteiger partial charge on any atom is 0.343 e. The summed E-state index contributed by atoms with van der Waals surface area (Å²) in [6.45, 7) is 7.65. The molecule has 2 saturated heterocycles. The van der Waals surface area contributed by atoms with Crippen LogP contribution in [0, 0.1) is 16.7 Å². The minimum Gasteiger partial charge on any atom is -0.458 e. The first kappa shape index (κ1) is 36.6. The van der Waals surface area contributed by atoms with Gasteiger partial charge in [0.2, 0.25) is 0 Å². The van der Waals surface area contributed by atoms with Crippen molar-refractivity contribution in [2.24, 2.45) is 16.7 Å². The Hall–Kier alpha value is -5.33. The van der Waals surface area contributed by atoms with E-state index in [0.29, 0.717) is 5.57 Å². The first-order valence-electron chi connectivity index (χ1n) is 18.4. The smallest absolute Gasteiger partial charge is 0.343 e. The summed E-state index contributed by atoms with van der Waals surface area (Å²) in [5.74, 6) is -5.06. The number of esters is 5. The lowest BCUT2D eigenvalue weighted by molar-refractivity contribution is -0.380. The average molecular weight is 751 g/mol. The SMILES string of the molecule is CC(=O)O[C@@]12CO[C@@H]1C[C@H](OC(=O)c1ccccc1)[C@]1(C)C2C(OC(=O)c2ccccc2)[C@]23C[C@H](OC(=O)c4ccccc4)C(C)=C2[C@@]1(O)C(=O)OC3(C)C. The third kappa shape index (κ3) is 5.00. The fourth-order valence-corrected chi connectivity index (χ4v) is 10.4. The van der Waals surface area contributed by atoms with Gasteiger partial charge in [0.1, 0.15) is 30.0 Å². The Labute approximate surface area is 317 Å². The van der Waals surface area contributed by atoms with Crippen LogP contribution in [0.3, 0.4) is 0 Å². The fourth-order valence-electron chi connectivity index (χ4n) is 10.4. The van der Waals surface area contributed by atoms with Crippen molar-refractivity contribution in [3.8, 4) is 0 Å². The van der Waals surface area contributed by atoms with Crippen molar-refractivity contribution in [3.05, 3.63) is 119 Å². The second-order valence-electron chi connectivity index (χ2n) is 15.9. The highest BCUT2D eigenvalue weighted by Crippen LogP contribution is 2.76. The molecule has 5 aliphatic rings. The Bertz CT molecular complexity index is 2110. The Morgan fingerprint density at radius 1 is 0.764 bits per heavy atom. The lowest BCUT2D eigenvalue weighted by Gasteiger charge is -2.74. The molecule has 55 heavy (non-hydrogen) atoms. The van der Waals surface area contributed by atoms with Crippen molar-refractivity contribution >= 4 is 29.8 Å². The molecule has 1 N–H and O–H groups in total. The van der Waals surface area contributed by atoms with E-state index in [4.69, 9.17) is 28.4 Å². The van der Waals surface area contributed by atoms with E-state index in [9.17, 15) is 29.1 Å². The number of aliphatic hydroxyl groups is 1. The van der Waals surface area contributed by atoms with Crippen LogP contribution in [0.1, 0.15) is 78.5 Å². The molecule has 0 radical (unpaired) electrons. The zero-order valence-electron chi connectivity index (χ0n) is 31.1. The van der Waals surface area contributed by atoms with E-state index in [2.05, 4.69) is 0 Å². The zero-order chi connectivity index (χ0) is 39.1. The molecule has 12 heteroatoms. The van der Waals surface area contributed by atoms with Gasteiger partial charge in [0.25, 0.3) is 0 Å². The van der Waals surface area contributed by atoms with Gasteiger partial charge in [-0.1, -0.05) is 61.5 Å². The monoisotopic (exact) mass is 750 g/mol. The summed E-state index contributed by atoms with van der Waals surface area (Å²) in [5, 5.41) is 13.6. The summed E-state index contributed by atoms with van der Waals surface area (Å²) in [7, 11) is 0. The number of ether oxygens (including phenoxy) is 6. The molecule has 3 aromatic carbocycles. The Kier molecular flexibility index (Phi) is 8.40. The van der Waals surface area contributed by atoms with Crippen molar-refractivity contribution in [2.75, 3.05) is 6.61 Å². The number of carbonyl (C=O) groups excluding carboxylic acids is 5. The molecule has 286 valence electrons. The highest BCUT2D eigenvalue weighted by molar-refractivity contribution is 5.93. The lowest BCUT2D eigenvalue weighted by Crippen LogP contribution is -2.87. The Morgan fingerprint density at radius 2 is 1.27 bits per heavy atom. The van der Waals surface area contributed by atoms with Crippen LogP contribution < -0.4 is 0 Å². The first-order chi connectivity index (χ1) is 26.1. The van der Waals surface area contributed by atoms with Gasteiger partial charge >= 0.3 is 29.8 Å². The molecule has 2 bridgehead atoms. The molecule has 2 heterocycles. The van der Waals surface area contributed by atoms with Gasteiger partial charge in [-0.2, -0.15) is 0 Å². The van der Waals surface area contributed by atoms with Gasteiger partial charge in [-0.25, -0.2) is 19.2 Å². The van der Waals surface area contributed by atoms with Crippen LogP contribution in [0.5, 0.6) is 0 Å². The summed E-state index contributed by atoms with van der Waals surface area (Å²) in [6, 6.07) is 24.9. The van der Waals surface area contributed by atoms with Gasteiger partial charge in [0, 0.05) is 19.8 Å². The van der Waals surface area contributed by atoms with Gasteiger partial charge in [-0.3, -0.25) is 4.79 Å². The van der Waals surface area contributed by atoms with E-state index < -0.39 is 87.8 Å². The molecule has 9 atom stereocenters. The van der Waals surface area contributed by atoms with Crippen LogP contribution in [0.4, 0.5) is 0 Å². The Morgan fingerprint density at radius 3 is 1.76 bits per heavy atom. The molecule has 2 saturated carbocycles. The highest BCUT2D eigenvalue weighted by Gasteiger charge is 2.88. The second kappa shape index (κ2) is 12.6. The van der Waals surface area contributed by atoms with Crippen molar-refractivity contribution in [3.63, 3.8) is 0 Å². The average Bonchev–Trinajstić information content (AvgIpc) is 3.47. The number of benzene rings is 3. The van der Waals surface area contributed by atoms with Crippen LogP contribution in [0.15, 0.2) is 102 Å². The van der Waals surface area contributed by atoms with Crippen LogP contribution in [0.2, 0.25) is 0 Å². The van der Waals surface area contributed by atoms with Gasteiger partial charge in [-0.05, 0) is 68.3 Å². The summed E-state index contributed by atoms with van der Waals surface area (Å²) in [4.78, 5) is 69.8. The third-order valence-electron chi connectivity index (χ3n) is 12.9. The van der Waals surface area contributed by atoms with Crippen LogP contribution in [-0.2, 0) is 38.0 Å². The van der Waals surface area contributed by atoms with E-state index in [-0.39, 0.29) is 41.7 Å².